The first-order chi connectivity index (χ1) is 8.81. The topological polar surface area (TPSA) is 58.6 Å². The van der Waals surface area contributed by atoms with E-state index in [1.807, 2.05) is 45.9 Å². The van der Waals surface area contributed by atoms with Crippen LogP contribution in [0.25, 0.3) is 0 Å². The van der Waals surface area contributed by atoms with Crippen molar-refractivity contribution in [3.63, 3.8) is 0 Å². The summed E-state index contributed by atoms with van der Waals surface area (Å²) in [5.41, 5.74) is 1.20. The van der Waals surface area contributed by atoms with Crippen molar-refractivity contribution >= 4 is 23.5 Å². The third-order valence-electron chi connectivity index (χ3n) is 2.19. The van der Waals surface area contributed by atoms with E-state index in [9.17, 15) is 4.79 Å². The number of thioether (sulfide) groups is 1. The molecule has 2 N–H and O–H groups in total. The van der Waals surface area contributed by atoms with Gasteiger partial charge in [-0.25, -0.2) is 4.79 Å². The quantitative estimate of drug-likeness (QED) is 0.831. The Balaban J connectivity index is 2.67. The number of ether oxygens (including phenoxy) is 1. The van der Waals surface area contributed by atoms with Crippen LogP contribution in [0.15, 0.2) is 23.1 Å². The highest BCUT2D eigenvalue weighted by Gasteiger charge is 2.16. The lowest BCUT2D eigenvalue weighted by Gasteiger charge is -2.20. The van der Waals surface area contributed by atoms with Gasteiger partial charge < -0.3 is 9.84 Å². The van der Waals surface area contributed by atoms with Gasteiger partial charge in [-0.2, -0.15) is 0 Å². The van der Waals surface area contributed by atoms with Crippen LogP contribution in [0, 0.1) is 6.92 Å². The molecule has 0 fully saturated rings. The molecule has 0 aliphatic rings. The van der Waals surface area contributed by atoms with E-state index in [0.29, 0.717) is 5.75 Å². The van der Waals surface area contributed by atoms with Gasteiger partial charge in [-0.3, -0.25) is 5.32 Å². The van der Waals surface area contributed by atoms with Gasteiger partial charge >= 0.3 is 6.09 Å². The number of aliphatic hydroxyl groups excluding tert-OH is 1. The highest BCUT2D eigenvalue weighted by molar-refractivity contribution is 7.99. The molecule has 19 heavy (non-hydrogen) atoms. The van der Waals surface area contributed by atoms with Crippen LogP contribution >= 0.6 is 11.8 Å². The Morgan fingerprint density at radius 1 is 1.42 bits per heavy atom. The smallest absolute Gasteiger partial charge is 0.412 e. The Bertz CT molecular complexity index is 441. The molecule has 106 valence electrons. The van der Waals surface area contributed by atoms with Crippen LogP contribution in [0.1, 0.15) is 26.3 Å². The summed E-state index contributed by atoms with van der Waals surface area (Å²) >= 11 is 1.58. The fraction of sp³-hybridized carbons (Fsp3) is 0.500. The van der Waals surface area contributed by atoms with E-state index in [1.165, 1.54) is 0 Å². The number of carbonyl (C=O) groups excluding carboxylic acids is 1. The Kier molecular flexibility index (Phi) is 5.69. The summed E-state index contributed by atoms with van der Waals surface area (Å²) < 4.78 is 5.20. The first-order valence-electron chi connectivity index (χ1n) is 6.16. The third-order valence-corrected chi connectivity index (χ3v) is 3.17. The fourth-order valence-corrected chi connectivity index (χ4v) is 2.19. The number of hydrogen-bond donors (Lipinski definition) is 2. The van der Waals surface area contributed by atoms with E-state index in [1.54, 1.807) is 11.8 Å². The molecule has 5 heteroatoms. The summed E-state index contributed by atoms with van der Waals surface area (Å²) in [5, 5.41) is 11.5. The number of aliphatic hydroxyl groups is 1. The zero-order valence-electron chi connectivity index (χ0n) is 11.8. The number of amides is 1. The van der Waals surface area contributed by atoms with Crippen LogP contribution < -0.4 is 5.32 Å². The van der Waals surface area contributed by atoms with E-state index in [-0.39, 0.29) is 6.61 Å². The maximum Gasteiger partial charge on any atom is 0.412 e. The van der Waals surface area contributed by atoms with Gasteiger partial charge in [-0.05, 0) is 51.5 Å². The van der Waals surface area contributed by atoms with Gasteiger partial charge in [0.25, 0.3) is 0 Å². The predicted octanol–water partition coefficient (Wildman–Crippen LogP) is 3.43. The van der Waals surface area contributed by atoms with Crippen LogP contribution in [0.3, 0.4) is 0 Å². The molecule has 1 aromatic carbocycles. The van der Waals surface area contributed by atoms with E-state index in [0.717, 1.165) is 16.1 Å². The lowest BCUT2D eigenvalue weighted by molar-refractivity contribution is 0.0636. The maximum atomic E-state index is 11.7. The minimum absolute atomic E-state index is 0.154. The summed E-state index contributed by atoms with van der Waals surface area (Å²) in [7, 11) is 0. The summed E-state index contributed by atoms with van der Waals surface area (Å²) in [6.07, 6.45) is -0.452. The van der Waals surface area contributed by atoms with Crippen molar-refractivity contribution in [1.29, 1.82) is 0 Å². The predicted molar refractivity (Wildman–Crippen MR) is 78.8 cm³/mol. The third kappa shape index (κ3) is 5.98. The normalized spacial score (nSPS) is 11.2. The molecule has 0 atom stereocenters. The van der Waals surface area contributed by atoms with Gasteiger partial charge in [0, 0.05) is 16.3 Å². The van der Waals surface area contributed by atoms with Crippen molar-refractivity contribution in [3.05, 3.63) is 23.8 Å². The van der Waals surface area contributed by atoms with Crippen LogP contribution in [-0.4, -0.2) is 29.2 Å². The van der Waals surface area contributed by atoms with Gasteiger partial charge in [0.05, 0.1) is 6.61 Å². The summed E-state index contributed by atoms with van der Waals surface area (Å²) in [5.74, 6) is 0.665. The van der Waals surface area contributed by atoms with Crippen LogP contribution in [0.5, 0.6) is 0 Å². The number of nitrogens with one attached hydrogen (secondary N) is 1. The SMILES string of the molecule is Cc1cc(SCCO)ccc1NC(=O)OC(C)(C)C. The Morgan fingerprint density at radius 2 is 2.11 bits per heavy atom. The number of carbonyl (C=O) groups is 1. The van der Waals surface area contributed by atoms with Crippen LogP contribution in [0.2, 0.25) is 0 Å². The molecule has 0 aliphatic heterocycles. The molecule has 1 amide bonds. The molecule has 0 bridgehead atoms. The van der Waals surface area contributed by atoms with Crippen molar-refractivity contribution < 1.29 is 14.6 Å². The zero-order valence-corrected chi connectivity index (χ0v) is 12.6. The highest BCUT2D eigenvalue weighted by atomic mass is 32.2. The molecule has 4 nitrogen and oxygen atoms in total. The molecule has 0 aromatic heterocycles. The zero-order chi connectivity index (χ0) is 14.5. The van der Waals surface area contributed by atoms with Crippen molar-refractivity contribution in [1.82, 2.24) is 0 Å². The van der Waals surface area contributed by atoms with Crippen LogP contribution in [0.4, 0.5) is 10.5 Å². The van der Waals surface area contributed by atoms with Crippen molar-refractivity contribution in [2.75, 3.05) is 17.7 Å². The second kappa shape index (κ2) is 6.82. The van der Waals surface area contributed by atoms with Gasteiger partial charge in [-0.15, -0.1) is 11.8 Å². The summed E-state index contributed by atoms with van der Waals surface area (Å²) in [6, 6.07) is 5.74. The Hall–Kier alpha value is -1.20. The second-order valence-electron chi connectivity index (χ2n) is 5.18. The largest absolute Gasteiger partial charge is 0.444 e. The fourth-order valence-electron chi connectivity index (χ4n) is 1.44. The molecule has 0 aliphatic carbocycles. The van der Waals surface area contributed by atoms with Crippen LogP contribution in [-0.2, 0) is 4.74 Å². The second-order valence-corrected chi connectivity index (χ2v) is 6.34. The summed E-state index contributed by atoms with van der Waals surface area (Å²) in [6.45, 7) is 7.56. The molecule has 0 heterocycles. The van der Waals surface area contributed by atoms with Crippen molar-refractivity contribution in [2.24, 2.45) is 0 Å². The average Bonchev–Trinajstić information content (AvgIpc) is 2.27. The molecular formula is C14H21NO3S. The monoisotopic (exact) mass is 283 g/mol. The minimum Gasteiger partial charge on any atom is -0.444 e. The first-order valence-corrected chi connectivity index (χ1v) is 7.15. The number of rotatable bonds is 4. The van der Waals surface area contributed by atoms with E-state index >= 15 is 0 Å². The number of aryl methyl sites for hydroxylation is 1. The Morgan fingerprint density at radius 3 is 2.63 bits per heavy atom. The van der Waals surface area contributed by atoms with Gasteiger partial charge in [0.1, 0.15) is 5.60 Å². The average molecular weight is 283 g/mol. The highest BCUT2D eigenvalue weighted by Crippen LogP contribution is 2.24. The van der Waals surface area contributed by atoms with Gasteiger partial charge in [0.15, 0.2) is 0 Å². The standard InChI is InChI=1S/C14H21NO3S/c1-10-9-11(19-8-7-16)5-6-12(10)15-13(17)18-14(2,3)4/h5-6,9,16H,7-8H2,1-4H3,(H,15,17). The Labute approximate surface area is 118 Å². The molecular weight excluding hydrogens is 262 g/mol. The van der Waals surface area contributed by atoms with Crippen molar-refractivity contribution in [3.8, 4) is 0 Å². The van der Waals surface area contributed by atoms with E-state index in [4.69, 9.17) is 9.84 Å². The number of anilines is 1. The first kappa shape index (κ1) is 15.9. The molecule has 0 saturated carbocycles. The summed E-state index contributed by atoms with van der Waals surface area (Å²) in [4.78, 5) is 12.7. The van der Waals surface area contributed by atoms with Gasteiger partial charge in [-0.1, -0.05) is 0 Å². The molecule has 0 saturated heterocycles. The number of benzene rings is 1. The van der Waals surface area contributed by atoms with E-state index in [2.05, 4.69) is 5.32 Å². The lowest BCUT2D eigenvalue weighted by Crippen LogP contribution is -2.27. The lowest BCUT2D eigenvalue weighted by atomic mass is 10.2. The molecule has 0 spiro atoms. The van der Waals surface area contributed by atoms with Crippen molar-refractivity contribution in [2.45, 2.75) is 38.2 Å². The molecule has 0 radical (unpaired) electrons. The minimum atomic E-state index is -0.505. The maximum absolute atomic E-state index is 11.7. The molecule has 0 unspecified atom stereocenters. The van der Waals surface area contributed by atoms with E-state index < -0.39 is 11.7 Å². The number of hydrogen-bond acceptors (Lipinski definition) is 4. The van der Waals surface area contributed by atoms with Gasteiger partial charge in [0.2, 0.25) is 0 Å². The molecule has 1 rings (SSSR count). The molecule has 1 aromatic rings.